The normalized spacial score (nSPS) is 25.9. The Morgan fingerprint density at radius 1 is 1.05 bits per heavy atom. The number of rotatable bonds is 4. The monoisotopic (exact) mass is 504 g/mol. The highest BCUT2D eigenvalue weighted by molar-refractivity contribution is 5.79. The largest absolute Gasteiger partial charge is 0.489 e. The lowest BCUT2D eigenvalue weighted by molar-refractivity contribution is -0.136. The number of β-amino-alcohol motifs (C(OH)–C–C–N with tert-alkyl or cyclic N) is 1. The topological polar surface area (TPSA) is 86.2 Å². The maximum Gasteiger partial charge on any atom is 0.236 e. The number of likely N-dealkylation sites (tertiary alicyclic amines) is 1. The van der Waals surface area contributed by atoms with Gasteiger partial charge in [0.2, 0.25) is 11.8 Å². The first-order valence-electron chi connectivity index (χ1n) is 13.3. The summed E-state index contributed by atoms with van der Waals surface area (Å²) in [4.78, 5) is 36.8. The van der Waals surface area contributed by atoms with E-state index in [1.165, 1.54) is 0 Å². The van der Waals surface area contributed by atoms with Crippen LogP contribution >= 0.6 is 0 Å². The number of fused-ring (bicyclic) bond motifs is 3. The number of amides is 2. The predicted molar refractivity (Wildman–Crippen MR) is 139 cm³/mol. The third-order valence-electron chi connectivity index (χ3n) is 7.67. The molecule has 3 aliphatic heterocycles. The molecule has 2 aromatic rings. The molecule has 0 spiro atoms. The molecule has 2 saturated heterocycles. The predicted octanol–water partition coefficient (Wildman–Crippen LogP) is 2.48. The molecule has 1 aromatic carbocycles. The Kier molecular flexibility index (Phi) is 8.16. The van der Waals surface area contributed by atoms with Gasteiger partial charge in [-0.05, 0) is 42.9 Å². The van der Waals surface area contributed by atoms with E-state index in [4.69, 9.17) is 4.74 Å². The van der Waals surface area contributed by atoms with Crippen molar-refractivity contribution >= 4 is 11.8 Å². The summed E-state index contributed by atoms with van der Waals surface area (Å²) in [5.74, 6) is 1.25. The van der Waals surface area contributed by atoms with E-state index >= 15 is 0 Å². The van der Waals surface area contributed by atoms with Crippen LogP contribution < -0.4 is 4.74 Å². The summed E-state index contributed by atoms with van der Waals surface area (Å²) in [7, 11) is 0. The Bertz CT molecular complexity index is 1110. The number of para-hydroxylation sites is 1. The molecule has 2 fully saturated rings. The zero-order valence-corrected chi connectivity index (χ0v) is 21.2. The molecule has 5 rings (SSSR count). The van der Waals surface area contributed by atoms with Gasteiger partial charge in [-0.2, -0.15) is 0 Å². The number of benzene rings is 1. The van der Waals surface area contributed by atoms with Crippen LogP contribution in [0.2, 0.25) is 0 Å². The van der Waals surface area contributed by atoms with Crippen LogP contribution in [0.5, 0.6) is 5.75 Å². The third-order valence-corrected chi connectivity index (χ3v) is 7.67. The van der Waals surface area contributed by atoms with E-state index in [0.717, 1.165) is 23.4 Å². The molecule has 37 heavy (non-hydrogen) atoms. The minimum Gasteiger partial charge on any atom is -0.489 e. The van der Waals surface area contributed by atoms with Crippen LogP contribution in [0, 0.1) is 11.8 Å². The third kappa shape index (κ3) is 6.56. The summed E-state index contributed by atoms with van der Waals surface area (Å²) < 4.78 is 6.14. The number of aliphatic hydroxyl groups is 1. The fraction of sp³-hybridized carbons (Fsp3) is 0.483. The molecule has 196 valence electrons. The highest BCUT2D eigenvalue weighted by Gasteiger charge is 2.34. The van der Waals surface area contributed by atoms with Crippen molar-refractivity contribution in [3.8, 4) is 5.75 Å². The van der Waals surface area contributed by atoms with Crippen molar-refractivity contribution in [1.82, 2.24) is 19.7 Å². The van der Waals surface area contributed by atoms with E-state index < -0.39 is 6.10 Å². The van der Waals surface area contributed by atoms with Crippen LogP contribution in [0.4, 0.5) is 0 Å². The van der Waals surface area contributed by atoms with E-state index in [9.17, 15) is 14.7 Å². The van der Waals surface area contributed by atoms with Crippen molar-refractivity contribution in [2.45, 2.75) is 38.5 Å². The van der Waals surface area contributed by atoms with E-state index in [-0.39, 0.29) is 30.2 Å². The SMILES string of the molecule is O=C(C[C@@H]1CCN2C[C@@H]1/C=C/COc1ccccc1CN(Cc1ccccn1)CC2=O)N1CC[C@@H](O)C1. The van der Waals surface area contributed by atoms with Gasteiger partial charge in [0.15, 0.2) is 0 Å². The molecule has 1 N–H and O–H groups in total. The summed E-state index contributed by atoms with van der Waals surface area (Å²) in [5, 5.41) is 9.84. The number of aliphatic hydroxyl groups excluding tert-OH is 1. The fourth-order valence-corrected chi connectivity index (χ4v) is 5.61. The molecule has 2 bridgehead atoms. The van der Waals surface area contributed by atoms with Crippen molar-refractivity contribution in [2.75, 3.05) is 39.3 Å². The molecule has 1 aromatic heterocycles. The van der Waals surface area contributed by atoms with Gasteiger partial charge in [0.1, 0.15) is 12.4 Å². The molecule has 0 radical (unpaired) electrons. The summed E-state index contributed by atoms with van der Waals surface area (Å²) in [6.07, 6.45) is 7.39. The van der Waals surface area contributed by atoms with E-state index in [1.54, 1.807) is 11.1 Å². The fourth-order valence-electron chi connectivity index (χ4n) is 5.61. The number of ether oxygens (including phenoxy) is 1. The second-order valence-electron chi connectivity index (χ2n) is 10.4. The number of piperidine rings is 1. The molecular formula is C29H36N4O4. The first kappa shape index (κ1) is 25.4. The standard InChI is InChI=1S/C29H36N4O4/c34-26-11-14-33(20-26)28(35)16-22-10-13-32-18-23(22)7-5-15-37-27-9-2-1-6-24(27)17-31(21-29(32)36)19-25-8-3-4-12-30-25/h1-9,12,22-23,26,34H,10-11,13-21H2/b7-5+/t22-,23-,26+/m0/s1. The number of carbonyl (C=O) groups is 2. The minimum absolute atomic E-state index is 0.0815. The van der Waals surface area contributed by atoms with Crippen molar-refractivity contribution < 1.29 is 19.4 Å². The van der Waals surface area contributed by atoms with Gasteiger partial charge in [-0.25, -0.2) is 0 Å². The molecule has 0 aliphatic carbocycles. The van der Waals surface area contributed by atoms with Crippen molar-refractivity contribution in [2.24, 2.45) is 11.8 Å². The molecule has 0 saturated carbocycles. The smallest absolute Gasteiger partial charge is 0.236 e. The first-order valence-corrected chi connectivity index (χ1v) is 13.3. The number of nitrogens with zero attached hydrogens (tertiary/aromatic N) is 4. The first-order chi connectivity index (χ1) is 18.0. The Morgan fingerprint density at radius 2 is 1.92 bits per heavy atom. The second-order valence-corrected chi connectivity index (χ2v) is 10.4. The van der Waals surface area contributed by atoms with Gasteiger partial charge in [0.25, 0.3) is 0 Å². The molecule has 2 amide bonds. The van der Waals surface area contributed by atoms with Crippen molar-refractivity contribution in [3.63, 3.8) is 0 Å². The van der Waals surface area contributed by atoms with E-state index in [2.05, 4.69) is 16.0 Å². The highest BCUT2D eigenvalue weighted by Crippen LogP contribution is 2.30. The number of pyridine rings is 1. The lowest BCUT2D eigenvalue weighted by Gasteiger charge is -2.38. The molecular weight excluding hydrogens is 468 g/mol. The average molecular weight is 505 g/mol. The van der Waals surface area contributed by atoms with Crippen molar-refractivity contribution in [3.05, 3.63) is 72.1 Å². The molecule has 3 atom stereocenters. The molecule has 0 unspecified atom stereocenters. The highest BCUT2D eigenvalue weighted by atomic mass is 16.5. The summed E-state index contributed by atoms with van der Waals surface area (Å²) in [6, 6.07) is 13.8. The Labute approximate surface area is 218 Å². The van der Waals surface area contributed by atoms with Gasteiger partial charge >= 0.3 is 0 Å². The van der Waals surface area contributed by atoms with Gasteiger partial charge in [-0.3, -0.25) is 19.5 Å². The Balaban J connectivity index is 1.34. The molecule has 8 heteroatoms. The number of carbonyl (C=O) groups excluding carboxylic acids is 2. The number of hydrogen-bond acceptors (Lipinski definition) is 6. The lowest BCUT2D eigenvalue weighted by Crippen LogP contribution is -2.48. The summed E-state index contributed by atoms with van der Waals surface area (Å²) in [5.41, 5.74) is 1.95. The Morgan fingerprint density at radius 3 is 2.73 bits per heavy atom. The van der Waals surface area contributed by atoms with Gasteiger partial charge in [-0.1, -0.05) is 36.4 Å². The van der Waals surface area contributed by atoms with Crippen LogP contribution in [-0.2, 0) is 22.7 Å². The van der Waals surface area contributed by atoms with Crippen LogP contribution in [-0.4, -0.2) is 82.0 Å². The average Bonchev–Trinajstić information content (AvgIpc) is 3.35. The maximum atomic E-state index is 13.5. The number of hydrogen-bond donors (Lipinski definition) is 1. The Hall–Kier alpha value is -3.23. The zero-order valence-electron chi connectivity index (χ0n) is 21.2. The summed E-state index contributed by atoms with van der Waals surface area (Å²) in [6.45, 7) is 4.16. The summed E-state index contributed by atoms with van der Waals surface area (Å²) >= 11 is 0. The minimum atomic E-state index is -0.414. The van der Waals surface area contributed by atoms with Gasteiger partial charge in [0, 0.05) is 57.4 Å². The molecule has 8 nitrogen and oxygen atoms in total. The van der Waals surface area contributed by atoms with Crippen molar-refractivity contribution in [1.29, 1.82) is 0 Å². The zero-order chi connectivity index (χ0) is 25.6. The van der Waals surface area contributed by atoms with E-state index in [1.807, 2.05) is 53.4 Å². The van der Waals surface area contributed by atoms with Crippen LogP contribution in [0.15, 0.2) is 60.8 Å². The van der Waals surface area contributed by atoms with E-state index in [0.29, 0.717) is 58.7 Å². The van der Waals surface area contributed by atoms with Crippen LogP contribution in [0.25, 0.3) is 0 Å². The second kappa shape index (κ2) is 11.9. The quantitative estimate of drug-likeness (QED) is 0.644. The van der Waals surface area contributed by atoms with Gasteiger partial charge < -0.3 is 19.6 Å². The van der Waals surface area contributed by atoms with Crippen LogP contribution in [0.1, 0.15) is 30.5 Å². The van der Waals surface area contributed by atoms with Gasteiger partial charge in [-0.15, -0.1) is 0 Å². The number of aromatic nitrogens is 1. The molecule has 4 heterocycles. The van der Waals surface area contributed by atoms with Crippen LogP contribution in [0.3, 0.4) is 0 Å². The van der Waals surface area contributed by atoms with Gasteiger partial charge in [0.05, 0.1) is 18.3 Å². The maximum absolute atomic E-state index is 13.5. The lowest BCUT2D eigenvalue weighted by atomic mass is 9.82. The molecule has 3 aliphatic rings.